The summed E-state index contributed by atoms with van der Waals surface area (Å²) in [4.78, 5) is 0. The van der Waals surface area contributed by atoms with Gasteiger partial charge in [0, 0.05) is 21.2 Å². The van der Waals surface area contributed by atoms with Crippen LogP contribution >= 0.6 is 34.8 Å². The highest BCUT2D eigenvalue weighted by Crippen LogP contribution is 2.28. The normalized spacial score (nSPS) is 11.1. The van der Waals surface area contributed by atoms with E-state index in [0.717, 1.165) is 16.9 Å². The molecule has 0 fully saturated rings. The third kappa shape index (κ3) is 5.05. The molecule has 0 aromatic heterocycles. The van der Waals surface area contributed by atoms with Crippen molar-refractivity contribution in [3.05, 3.63) is 98.5 Å². The summed E-state index contributed by atoms with van der Waals surface area (Å²) in [5.74, 6) is 0.718. The molecule has 0 saturated carbocycles. The molecule has 0 aliphatic rings. The van der Waals surface area contributed by atoms with Crippen LogP contribution < -0.4 is 4.74 Å². The fourth-order valence-electron chi connectivity index (χ4n) is 2.48. The van der Waals surface area contributed by atoms with Crippen LogP contribution in [-0.2, 0) is 6.61 Å². The lowest BCUT2D eigenvalue weighted by molar-refractivity contribution is 0.306. The van der Waals surface area contributed by atoms with Gasteiger partial charge in [0.25, 0.3) is 0 Å². The Morgan fingerprint density at radius 2 is 1.67 bits per heavy atom. The van der Waals surface area contributed by atoms with Crippen LogP contribution in [0.5, 0.6) is 5.75 Å². The third-order valence-electron chi connectivity index (χ3n) is 3.89. The molecule has 0 bridgehead atoms. The van der Waals surface area contributed by atoms with E-state index in [1.807, 2.05) is 48.5 Å². The van der Waals surface area contributed by atoms with Gasteiger partial charge in [-0.1, -0.05) is 71.2 Å². The second-order valence-corrected chi connectivity index (χ2v) is 6.99. The number of benzene rings is 3. The quantitative estimate of drug-likeness (QED) is 0.324. The number of hydrogen-bond acceptors (Lipinski definition) is 2. The summed E-state index contributed by atoms with van der Waals surface area (Å²) in [6, 6.07) is 22.3. The fourth-order valence-corrected chi connectivity index (χ4v) is 3.18. The molecule has 0 heterocycles. The van der Waals surface area contributed by atoms with Crippen LogP contribution in [0.1, 0.15) is 16.7 Å². The van der Waals surface area contributed by atoms with Crippen molar-refractivity contribution >= 4 is 46.5 Å². The van der Waals surface area contributed by atoms with Gasteiger partial charge in [-0.25, -0.2) is 0 Å². The molecule has 0 N–H and O–H groups in total. The monoisotopic (exact) mass is 413 g/mol. The Kier molecular flexibility index (Phi) is 6.42. The lowest BCUT2D eigenvalue weighted by atomic mass is 10.0. The summed E-state index contributed by atoms with van der Waals surface area (Å²) >= 11 is 18.2. The van der Waals surface area contributed by atoms with E-state index in [1.165, 1.54) is 0 Å². The maximum atomic E-state index is 9.48. The summed E-state index contributed by atoms with van der Waals surface area (Å²) in [7, 11) is 0. The summed E-state index contributed by atoms with van der Waals surface area (Å²) in [6.45, 7) is 0.388. The van der Waals surface area contributed by atoms with Crippen molar-refractivity contribution in [2.75, 3.05) is 0 Å². The summed E-state index contributed by atoms with van der Waals surface area (Å²) in [5.41, 5.74) is 2.89. The van der Waals surface area contributed by atoms with Crippen molar-refractivity contribution in [3.63, 3.8) is 0 Å². The Hall–Kier alpha value is -2.44. The molecular formula is C22H14Cl3NO. The van der Waals surface area contributed by atoms with Gasteiger partial charge in [-0.2, -0.15) is 5.26 Å². The molecular weight excluding hydrogens is 401 g/mol. The van der Waals surface area contributed by atoms with Gasteiger partial charge < -0.3 is 4.74 Å². The smallest absolute Gasteiger partial charge is 0.119 e. The number of nitrogens with zero attached hydrogens (tertiary/aromatic N) is 1. The fraction of sp³-hybridized carbons (Fsp3) is 0.0455. The van der Waals surface area contributed by atoms with Crippen LogP contribution in [0.3, 0.4) is 0 Å². The van der Waals surface area contributed by atoms with Gasteiger partial charge in [0.1, 0.15) is 12.4 Å². The molecule has 3 rings (SSSR count). The van der Waals surface area contributed by atoms with E-state index in [0.29, 0.717) is 32.8 Å². The number of rotatable bonds is 5. The Morgan fingerprint density at radius 3 is 2.33 bits per heavy atom. The number of nitriles is 1. The van der Waals surface area contributed by atoms with Gasteiger partial charge in [-0.15, -0.1) is 0 Å². The zero-order valence-corrected chi connectivity index (χ0v) is 16.4. The predicted octanol–water partition coefficient (Wildman–Crippen LogP) is 7.29. The minimum absolute atomic E-state index is 0.388. The topological polar surface area (TPSA) is 33.0 Å². The lowest BCUT2D eigenvalue weighted by Gasteiger charge is -2.08. The van der Waals surface area contributed by atoms with Crippen LogP contribution in [-0.4, -0.2) is 0 Å². The second kappa shape index (κ2) is 8.97. The molecule has 27 heavy (non-hydrogen) atoms. The molecule has 0 spiro atoms. The minimum atomic E-state index is 0.388. The Balaban J connectivity index is 1.75. The van der Waals surface area contributed by atoms with Crippen LogP contribution in [0, 0.1) is 11.3 Å². The Labute approximate surface area is 173 Å². The zero-order valence-electron chi connectivity index (χ0n) is 14.1. The lowest BCUT2D eigenvalue weighted by Crippen LogP contribution is -1.96. The van der Waals surface area contributed by atoms with Crippen molar-refractivity contribution in [2.45, 2.75) is 6.61 Å². The maximum Gasteiger partial charge on any atom is 0.119 e. The van der Waals surface area contributed by atoms with E-state index in [1.54, 1.807) is 24.3 Å². The average Bonchev–Trinajstić information content (AvgIpc) is 2.67. The highest BCUT2D eigenvalue weighted by molar-refractivity contribution is 6.36. The first-order valence-electron chi connectivity index (χ1n) is 8.10. The zero-order chi connectivity index (χ0) is 19.2. The van der Waals surface area contributed by atoms with Crippen LogP contribution in [0.25, 0.3) is 11.6 Å². The highest BCUT2D eigenvalue weighted by atomic mass is 35.5. The van der Waals surface area contributed by atoms with E-state index in [4.69, 9.17) is 39.5 Å². The molecule has 3 aromatic rings. The molecule has 0 atom stereocenters. The molecule has 0 saturated heterocycles. The molecule has 2 nitrogen and oxygen atoms in total. The molecule has 0 radical (unpaired) electrons. The van der Waals surface area contributed by atoms with Crippen LogP contribution in [0.2, 0.25) is 15.1 Å². The molecule has 0 unspecified atom stereocenters. The molecule has 134 valence electrons. The first-order valence-corrected chi connectivity index (χ1v) is 9.23. The van der Waals surface area contributed by atoms with E-state index in [2.05, 4.69) is 6.07 Å². The predicted molar refractivity (Wildman–Crippen MR) is 112 cm³/mol. The van der Waals surface area contributed by atoms with Crippen molar-refractivity contribution in [2.24, 2.45) is 0 Å². The average molecular weight is 415 g/mol. The number of allylic oxidation sites excluding steroid dienone is 1. The number of hydrogen-bond donors (Lipinski definition) is 0. The highest BCUT2D eigenvalue weighted by Gasteiger charge is 2.07. The summed E-state index contributed by atoms with van der Waals surface area (Å²) < 4.78 is 5.77. The summed E-state index contributed by atoms with van der Waals surface area (Å²) in [6.07, 6.45) is 1.77. The standard InChI is InChI=1S/C22H14Cl3NO/c23-18-7-10-20(22(25)12-18)17(13-26)11-15-5-8-19(9-6-15)27-14-16-3-1-2-4-21(16)24/h1-12H,14H2/b17-11+. The van der Waals surface area contributed by atoms with Gasteiger partial charge in [0.05, 0.1) is 16.7 Å². The third-order valence-corrected chi connectivity index (χ3v) is 4.80. The van der Waals surface area contributed by atoms with Crippen molar-refractivity contribution in [1.29, 1.82) is 5.26 Å². The van der Waals surface area contributed by atoms with Gasteiger partial charge >= 0.3 is 0 Å². The van der Waals surface area contributed by atoms with Gasteiger partial charge in [-0.05, 0) is 42.0 Å². The number of halogens is 3. The SMILES string of the molecule is N#C/C(=C\c1ccc(OCc2ccccc2Cl)cc1)c1ccc(Cl)cc1Cl. The summed E-state index contributed by atoms with van der Waals surface area (Å²) in [5, 5.41) is 11.1. The molecule has 0 aliphatic heterocycles. The molecule has 3 aromatic carbocycles. The molecule has 0 aliphatic carbocycles. The van der Waals surface area contributed by atoms with E-state index < -0.39 is 0 Å². The minimum Gasteiger partial charge on any atom is -0.489 e. The van der Waals surface area contributed by atoms with Crippen LogP contribution in [0.15, 0.2) is 66.7 Å². The largest absolute Gasteiger partial charge is 0.489 e. The number of ether oxygens (including phenoxy) is 1. The van der Waals surface area contributed by atoms with Crippen molar-refractivity contribution in [1.82, 2.24) is 0 Å². The maximum absolute atomic E-state index is 9.48. The van der Waals surface area contributed by atoms with Gasteiger partial charge in [0.15, 0.2) is 0 Å². The van der Waals surface area contributed by atoms with Crippen molar-refractivity contribution < 1.29 is 4.74 Å². The first kappa shape index (κ1) is 19.3. The second-order valence-electron chi connectivity index (χ2n) is 5.74. The van der Waals surface area contributed by atoms with E-state index in [9.17, 15) is 5.26 Å². The first-order chi connectivity index (χ1) is 13.1. The van der Waals surface area contributed by atoms with Gasteiger partial charge in [0.2, 0.25) is 0 Å². The molecule has 0 amide bonds. The van der Waals surface area contributed by atoms with Crippen LogP contribution in [0.4, 0.5) is 0 Å². The Bertz CT molecular complexity index is 1020. The van der Waals surface area contributed by atoms with Crippen molar-refractivity contribution in [3.8, 4) is 11.8 Å². The van der Waals surface area contributed by atoms with E-state index >= 15 is 0 Å². The van der Waals surface area contributed by atoms with E-state index in [-0.39, 0.29) is 0 Å². The molecule has 5 heteroatoms. The van der Waals surface area contributed by atoms with Gasteiger partial charge in [-0.3, -0.25) is 0 Å². The Morgan fingerprint density at radius 1 is 0.926 bits per heavy atom.